The normalized spacial score (nSPS) is 52.1. The quantitative estimate of drug-likeness (QED) is 0.283. The van der Waals surface area contributed by atoms with Crippen molar-refractivity contribution in [2.75, 3.05) is 13.6 Å². The first-order chi connectivity index (χ1) is 18.2. The maximum absolute atomic E-state index is 13.4. The molecule has 6 fully saturated rings. The summed E-state index contributed by atoms with van der Waals surface area (Å²) in [5, 5.41) is 36.1. The van der Waals surface area contributed by atoms with Gasteiger partial charge in [-0.1, -0.05) is 31.2 Å². The smallest absolute Gasteiger partial charge is 0.333 e. The molecule has 6 rings (SSSR count). The molecular weight excluding hydrogens is 498 g/mol. The van der Waals surface area contributed by atoms with E-state index < -0.39 is 64.1 Å². The van der Waals surface area contributed by atoms with E-state index in [2.05, 4.69) is 18.5 Å². The molecule has 214 valence electrons. The van der Waals surface area contributed by atoms with Gasteiger partial charge in [-0.3, -0.25) is 0 Å². The Labute approximate surface area is 230 Å². The Morgan fingerprint density at radius 1 is 1.03 bits per heavy atom. The van der Waals surface area contributed by atoms with E-state index >= 15 is 0 Å². The molecule has 1 saturated heterocycles. The lowest BCUT2D eigenvalue weighted by atomic mass is 9.38. The molecule has 6 bridgehead atoms. The second-order valence-electron chi connectivity index (χ2n) is 13.8. The third-order valence-corrected chi connectivity index (χ3v) is 12.1. The molecule has 12 atom stereocenters. The Kier molecular flexibility index (Phi) is 5.77. The van der Waals surface area contributed by atoms with Gasteiger partial charge in [-0.25, -0.2) is 9.59 Å². The third-order valence-electron chi connectivity index (χ3n) is 12.1. The molecule has 1 heterocycles. The summed E-state index contributed by atoms with van der Waals surface area (Å²) in [4.78, 5) is 28.9. The minimum atomic E-state index is -1.50. The lowest BCUT2D eigenvalue weighted by molar-refractivity contribution is -0.342. The molecule has 3 N–H and O–H groups in total. The van der Waals surface area contributed by atoms with Gasteiger partial charge in [0.1, 0.15) is 17.8 Å². The molecule has 1 aliphatic heterocycles. The molecule has 8 nitrogen and oxygen atoms in total. The SMILES string of the molecule is C=C1C[C@]23C[C@H](O)[C@]4(O)[C@@]5(C)C[C@H](O)C[C@]46C(C2[C@@H]1[C@@H](OC(=O)/C(C)=C/C)[C@@H](OC(=O)/C(C)=C/C)[C@H]36)N(C)C5. The highest BCUT2D eigenvalue weighted by Crippen LogP contribution is 2.84. The zero-order valence-electron chi connectivity index (χ0n) is 23.9. The van der Waals surface area contributed by atoms with Crippen LogP contribution in [-0.2, 0) is 19.1 Å². The monoisotopic (exact) mass is 541 g/mol. The van der Waals surface area contributed by atoms with Gasteiger partial charge in [0.2, 0.25) is 0 Å². The maximum atomic E-state index is 13.4. The second kappa shape index (κ2) is 8.28. The van der Waals surface area contributed by atoms with E-state index in [9.17, 15) is 24.9 Å². The van der Waals surface area contributed by atoms with E-state index in [0.717, 1.165) is 5.57 Å². The topological polar surface area (TPSA) is 117 Å². The number of hydrogen-bond donors (Lipinski definition) is 3. The van der Waals surface area contributed by atoms with Crippen LogP contribution in [0.1, 0.15) is 60.3 Å². The van der Waals surface area contributed by atoms with Crippen LogP contribution in [0.25, 0.3) is 0 Å². The molecule has 2 spiro atoms. The fourth-order valence-corrected chi connectivity index (χ4v) is 11.1. The van der Waals surface area contributed by atoms with Crippen LogP contribution in [0.2, 0.25) is 0 Å². The molecule has 39 heavy (non-hydrogen) atoms. The van der Waals surface area contributed by atoms with E-state index in [0.29, 0.717) is 43.4 Å². The molecule has 5 aliphatic carbocycles. The summed E-state index contributed by atoms with van der Waals surface area (Å²) < 4.78 is 12.6. The van der Waals surface area contributed by atoms with Gasteiger partial charge in [-0.15, -0.1) is 0 Å². The molecule has 0 aromatic rings. The number of likely N-dealkylation sites (tertiary alicyclic amines) is 1. The molecule has 0 amide bonds. The van der Waals surface area contributed by atoms with Crippen molar-refractivity contribution in [1.29, 1.82) is 0 Å². The fourth-order valence-electron chi connectivity index (χ4n) is 11.1. The number of aliphatic hydroxyl groups is 3. The number of hydrogen-bond acceptors (Lipinski definition) is 8. The number of carbonyl (C=O) groups excluding carboxylic acids is 2. The predicted molar refractivity (Wildman–Crippen MR) is 143 cm³/mol. The molecule has 0 aromatic heterocycles. The van der Waals surface area contributed by atoms with Crippen LogP contribution in [0.4, 0.5) is 0 Å². The Hall–Kier alpha value is -2.00. The first kappa shape index (κ1) is 27.2. The van der Waals surface area contributed by atoms with Crippen LogP contribution in [0.15, 0.2) is 35.5 Å². The van der Waals surface area contributed by atoms with Gasteiger partial charge >= 0.3 is 11.9 Å². The standard InChI is InChI=1S/C31H43NO7/c1-8-15(3)26(35)38-22-20-17(5)10-29-13-19(34)31(37)28(6)11-18(33)12-30(31,25(21(20)29)32(7)14-28)24(29)23(22)39-27(36)16(4)9-2/h8-9,18-25,33-34,37H,5,10-14H2,1-4,6-7H3/b15-8+,16-9+/t18-,19-,20+,21?,22+,23+,24+,25?,28-,29-,30-,31-/m0/s1. The molecule has 5 saturated carbocycles. The van der Waals surface area contributed by atoms with E-state index in [1.54, 1.807) is 39.8 Å². The molecule has 6 aliphatic rings. The predicted octanol–water partition coefficient (Wildman–Crippen LogP) is 2.52. The van der Waals surface area contributed by atoms with Crippen molar-refractivity contribution in [1.82, 2.24) is 4.90 Å². The summed E-state index contributed by atoms with van der Waals surface area (Å²) >= 11 is 0. The number of aliphatic hydroxyl groups excluding tert-OH is 2. The van der Waals surface area contributed by atoms with Crippen LogP contribution in [0, 0.1) is 34.0 Å². The fraction of sp³-hybridized carbons (Fsp3) is 0.742. The van der Waals surface area contributed by atoms with Crippen LogP contribution < -0.4 is 0 Å². The minimum absolute atomic E-state index is 0.0694. The van der Waals surface area contributed by atoms with Crippen molar-refractivity contribution in [3.63, 3.8) is 0 Å². The Morgan fingerprint density at radius 3 is 2.21 bits per heavy atom. The highest BCUT2D eigenvalue weighted by atomic mass is 16.6. The van der Waals surface area contributed by atoms with Crippen molar-refractivity contribution < 1.29 is 34.4 Å². The molecule has 0 aromatic carbocycles. The Bertz CT molecular complexity index is 1210. The number of carbonyl (C=O) groups is 2. The summed E-state index contributed by atoms with van der Waals surface area (Å²) in [6.07, 6.45) is 1.73. The summed E-state index contributed by atoms with van der Waals surface area (Å²) in [5.41, 5.74) is -1.88. The van der Waals surface area contributed by atoms with Gasteiger partial charge in [0.15, 0.2) is 0 Å². The van der Waals surface area contributed by atoms with Gasteiger partial charge in [-0.05, 0) is 71.8 Å². The van der Waals surface area contributed by atoms with Crippen molar-refractivity contribution >= 4 is 11.9 Å². The van der Waals surface area contributed by atoms with Crippen molar-refractivity contribution in [3.8, 4) is 0 Å². The Morgan fingerprint density at radius 2 is 1.62 bits per heavy atom. The van der Waals surface area contributed by atoms with E-state index in [4.69, 9.17) is 9.47 Å². The number of allylic oxidation sites excluding steroid dienone is 2. The summed E-state index contributed by atoms with van der Waals surface area (Å²) in [6.45, 7) is 13.9. The second-order valence-corrected chi connectivity index (χ2v) is 13.8. The van der Waals surface area contributed by atoms with Gasteiger partial charge in [0.25, 0.3) is 0 Å². The van der Waals surface area contributed by atoms with E-state index in [-0.39, 0.29) is 17.9 Å². The minimum Gasteiger partial charge on any atom is -0.455 e. The van der Waals surface area contributed by atoms with Crippen LogP contribution in [0.5, 0.6) is 0 Å². The number of rotatable bonds is 4. The molecule has 8 heteroatoms. The maximum Gasteiger partial charge on any atom is 0.333 e. The molecule has 0 radical (unpaired) electrons. The lowest BCUT2D eigenvalue weighted by Crippen LogP contribution is -2.82. The van der Waals surface area contributed by atoms with Crippen molar-refractivity contribution in [2.24, 2.45) is 34.0 Å². The van der Waals surface area contributed by atoms with Gasteiger partial charge < -0.3 is 29.7 Å². The number of ether oxygens (including phenoxy) is 2. The van der Waals surface area contributed by atoms with E-state index in [1.807, 2.05) is 6.92 Å². The van der Waals surface area contributed by atoms with Gasteiger partial charge in [-0.2, -0.15) is 0 Å². The first-order valence-corrected chi connectivity index (χ1v) is 14.4. The largest absolute Gasteiger partial charge is 0.455 e. The van der Waals surface area contributed by atoms with Crippen molar-refractivity contribution in [2.45, 2.75) is 96.4 Å². The van der Waals surface area contributed by atoms with Crippen LogP contribution in [-0.4, -0.2) is 81.8 Å². The number of piperidine rings is 1. The first-order valence-electron chi connectivity index (χ1n) is 14.4. The molecule has 2 unspecified atom stereocenters. The molecular formula is C31H43NO7. The summed E-state index contributed by atoms with van der Waals surface area (Å²) in [5.74, 6) is -1.76. The van der Waals surface area contributed by atoms with Gasteiger partial charge in [0, 0.05) is 46.4 Å². The third kappa shape index (κ3) is 2.94. The summed E-state index contributed by atoms with van der Waals surface area (Å²) in [7, 11) is 2.07. The zero-order valence-corrected chi connectivity index (χ0v) is 23.9. The van der Waals surface area contributed by atoms with Gasteiger partial charge in [0.05, 0.1) is 12.2 Å². The summed E-state index contributed by atoms with van der Waals surface area (Å²) in [6, 6.07) is -0.201. The Balaban J connectivity index is 1.61. The number of esters is 2. The van der Waals surface area contributed by atoms with Crippen LogP contribution >= 0.6 is 0 Å². The average Bonchev–Trinajstić information content (AvgIpc) is 3.14. The highest BCUT2D eigenvalue weighted by molar-refractivity contribution is 5.89. The van der Waals surface area contributed by atoms with Crippen molar-refractivity contribution in [3.05, 3.63) is 35.5 Å². The highest BCUT2D eigenvalue weighted by Gasteiger charge is 2.90. The number of nitrogens with zero attached hydrogens (tertiary/aromatic N) is 1. The zero-order chi connectivity index (χ0) is 28.4. The van der Waals surface area contributed by atoms with Crippen LogP contribution in [0.3, 0.4) is 0 Å². The van der Waals surface area contributed by atoms with E-state index in [1.165, 1.54) is 0 Å². The lowest BCUT2D eigenvalue weighted by Gasteiger charge is -2.72. The average molecular weight is 542 g/mol.